The van der Waals surface area contributed by atoms with Crippen LogP contribution in [0.2, 0.25) is 5.02 Å². The van der Waals surface area contributed by atoms with Crippen LogP contribution in [0.4, 0.5) is 0 Å². The second kappa shape index (κ2) is 10.2. The third-order valence-corrected chi connectivity index (χ3v) is 8.85. The molecule has 38 heavy (non-hydrogen) atoms. The lowest BCUT2D eigenvalue weighted by atomic mass is 9.81. The molecule has 1 aliphatic heterocycles. The second-order valence-corrected chi connectivity index (χ2v) is 11.9. The van der Waals surface area contributed by atoms with Gasteiger partial charge in [-0.05, 0) is 57.5 Å². The molecule has 3 aromatic heterocycles. The molecular weight excluding hydrogens is 522 g/mol. The zero-order valence-electron chi connectivity index (χ0n) is 21.3. The maximum atomic E-state index is 13.4. The SMILES string of the molecule is Cc1cnc([C@H]2CC[C@H](NC(=O)c3cc4cc(Cl)ccc4[nH]3)[C@H](NC(=O)c3nc4c(s3)CN(C)CC4)C2)[nH]1. The van der Waals surface area contributed by atoms with Crippen molar-refractivity contribution in [3.63, 3.8) is 0 Å². The van der Waals surface area contributed by atoms with Gasteiger partial charge in [0.15, 0.2) is 5.01 Å². The summed E-state index contributed by atoms with van der Waals surface area (Å²) in [6.45, 7) is 3.74. The number of benzene rings is 1. The van der Waals surface area contributed by atoms with E-state index in [4.69, 9.17) is 11.6 Å². The summed E-state index contributed by atoms with van der Waals surface area (Å²) in [5.74, 6) is 0.691. The average molecular weight is 552 g/mol. The third kappa shape index (κ3) is 5.08. The van der Waals surface area contributed by atoms with Gasteiger partial charge < -0.3 is 25.5 Å². The summed E-state index contributed by atoms with van der Waals surface area (Å²) < 4.78 is 0. The molecule has 4 N–H and O–H groups in total. The number of hydrogen-bond acceptors (Lipinski definition) is 6. The van der Waals surface area contributed by atoms with Crippen LogP contribution in [0.25, 0.3) is 10.9 Å². The Labute approximate surface area is 229 Å². The Morgan fingerprint density at radius 3 is 2.79 bits per heavy atom. The number of nitrogens with one attached hydrogen (secondary N) is 4. The van der Waals surface area contributed by atoms with Gasteiger partial charge in [0.1, 0.15) is 11.5 Å². The number of amides is 2. The molecule has 1 aromatic carbocycles. The predicted octanol–water partition coefficient (Wildman–Crippen LogP) is 4.16. The summed E-state index contributed by atoms with van der Waals surface area (Å²) >= 11 is 7.58. The van der Waals surface area contributed by atoms with E-state index in [0.29, 0.717) is 28.6 Å². The van der Waals surface area contributed by atoms with Crippen LogP contribution in [0.5, 0.6) is 0 Å². The summed E-state index contributed by atoms with van der Waals surface area (Å²) in [5, 5.41) is 8.37. The fourth-order valence-corrected chi connectivity index (χ4v) is 6.79. The summed E-state index contributed by atoms with van der Waals surface area (Å²) in [7, 11) is 2.08. The highest BCUT2D eigenvalue weighted by Gasteiger charge is 2.35. The Balaban J connectivity index is 1.21. The molecule has 1 fully saturated rings. The maximum absolute atomic E-state index is 13.4. The fraction of sp³-hybridized carbons (Fsp3) is 0.407. The van der Waals surface area contributed by atoms with E-state index in [2.05, 4.69) is 42.5 Å². The number of H-pyrrole nitrogens is 2. The number of aromatic nitrogens is 4. The van der Waals surface area contributed by atoms with Crippen molar-refractivity contribution in [3.8, 4) is 0 Å². The Kier molecular flexibility index (Phi) is 6.71. The minimum absolute atomic E-state index is 0.163. The lowest BCUT2D eigenvalue weighted by Crippen LogP contribution is -2.54. The van der Waals surface area contributed by atoms with Crippen molar-refractivity contribution in [2.24, 2.45) is 0 Å². The van der Waals surface area contributed by atoms with Crippen LogP contribution >= 0.6 is 22.9 Å². The Morgan fingerprint density at radius 1 is 1.13 bits per heavy atom. The number of carbonyl (C=O) groups is 2. The molecule has 1 saturated carbocycles. The molecule has 4 aromatic rings. The molecule has 0 bridgehead atoms. The summed E-state index contributed by atoms with van der Waals surface area (Å²) in [6.07, 6.45) is 4.92. The van der Waals surface area contributed by atoms with Crippen molar-refractivity contribution in [3.05, 3.63) is 68.3 Å². The first-order valence-electron chi connectivity index (χ1n) is 12.9. The molecule has 0 unspecified atom stereocenters. The van der Waals surface area contributed by atoms with Gasteiger partial charge in [-0.1, -0.05) is 11.6 Å². The molecule has 3 atom stereocenters. The van der Waals surface area contributed by atoms with E-state index in [1.54, 1.807) is 12.1 Å². The number of imidazole rings is 1. The number of halogens is 1. The Bertz CT molecular complexity index is 1510. The largest absolute Gasteiger partial charge is 0.351 e. The van der Waals surface area contributed by atoms with Crippen LogP contribution in [0.15, 0.2) is 30.5 Å². The summed E-state index contributed by atoms with van der Waals surface area (Å²) in [6, 6.07) is 6.79. The van der Waals surface area contributed by atoms with Gasteiger partial charge in [-0.15, -0.1) is 11.3 Å². The number of aromatic amines is 2. The standard InChI is InChI=1S/C27H30ClN7O2S/c1-14-12-29-24(30-14)15-3-5-19(32-25(36)22-11-16-9-17(28)4-6-18(16)31-22)21(10-15)33-26(37)27-34-20-7-8-35(2)13-23(20)38-27/h4,6,9,11-12,15,19,21,31H,3,5,7-8,10,13H2,1-2H3,(H,29,30)(H,32,36)(H,33,37)/t15-,19-,21+/m0/s1. The number of aryl methyl sites for hydroxylation is 1. The monoisotopic (exact) mass is 551 g/mol. The van der Waals surface area contributed by atoms with Crippen molar-refractivity contribution < 1.29 is 9.59 Å². The highest BCUT2D eigenvalue weighted by molar-refractivity contribution is 7.13. The van der Waals surface area contributed by atoms with Gasteiger partial charge >= 0.3 is 0 Å². The van der Waals surface area contributed by atoms with Crippen LogP contribution < -0.4 is 10.6 Å². The van der Waals surface area contributed by atoms with E-state index in [-0.39, 0.29) is 29.8 Å². The molecule has 0 saturated heterocycles. The Morgan fingerprint density at radius 2 is 1.97 bits per heavy atom. The molecule has 11 heteroatoms. The number of fused-ring (bicyclic) bond motifs is 2. The minimum Gasteiger partial charge on any atom is -0.351 e. The number of thiazole rings is 1. The molecule has 198 valence electrons. The molecule has 0 spiro atoms. The zero-order valence-corrected chi connectivity index (χ0v) is 22.9. The van der Waals surface area contributed by atoms with Crippen LogP contribution in [-0.4, -0.2) is 62.3 Å². The van der Waals surface area contributed by atoms with Gasteiger partial charge in [0, 0.05) is 64.2 Å². The van der Waals surface area contributed by atoms with E-state index in [1.807, 2.05) is 25.3 Å². The molecule has 6 rings (SSSR count). The molecular formula is C27H30ClN7O2S. The number of likely N-dealkylation sites (N-methyl/N-ethyl adjacent to an activating group) is 1. The van der Waals surface area contributed by atoms with E-state index >= 15 is 0 Å². The predicted molar refractivity (Wildman–Crippen MR) is 148 cm³/mol. The highest BCUT2D eigenvalue weighted by Crippen LogP contribution is 2.33. The number of carbonyl (C=O) groups excluding carboxylic acids is 2. The molecule has 9 nitrogen and oxygen atoms in total. The van der Waals surface area contributed by atoms with Crippen molar-refractivity contribution in [1.82, 2.24) is 35.5 Å². The van der Waals surface area contributed by atoms with Gasteiger partial charge in [-0.3, -0.25) is 9.59 Å². The van der Waals surface area contributed by atoms with Gasteiger partial charge in [-0.25, -0.2) is 9.97 Å². The smallest absolute Gasteiger partial charge is 0.280 e. The van der Waals surface area contributed by atoms with E-state index in [0.717, 1.165) is 58.9 Å². The number of nitrogens with zero attached hydrogens (tertiary/aromatic N) is 3. The molecule has 1 aliphatic carbocycles. The average Bonchev–Trinajstić information content (AvgIpc) is 3.62. The molecule has 4 heterocycles. The maximum Gasteiger partial charge on any atom is 0.280 e. The first kappa shape index (κ1) is 25.1. The van der Waals surface area contributed by atoms with Gasteiger partial charge in [0.05, 0.1) is 11.7 Å². The van der Waals surface area contributed by atoms with Crippen LogP contribution in [0, 0.1) is 6.92 Å². The molecule has 0 radical (unpaired) electrons. The van der Waals surface area contributed by atoms with Crippen LogP contribution in [-0.2, 0) is 13.0 Å². The van der Waals surface area contributed by atoms with Crippen molar-refractivity contribution >= 4 is 45.7 Å². The quantitative estimate of drug-likeness (QED) is 0.297. The van der Waals surface area contributed by atoms with Crippen molar-refractivity contribution in [2.45, 2.75) is 57.2 Å². The van der Waals surface area contributed by atoms with Crippen LogP contribution in [0.1, 0.15) is 67.6 Å². The lowest BCUT2D eigenvalue weighted by molar-refractivity contribution is 0.0853. The topological polar surface area (TPSA) is 119 Å². The summed E-state index contributed by atoms with van der Waals surface area (Å²) in [5.41, 5.74) is 3.34. The molecule has 2 amide bonds. The Hall–Kier alpha value is -3.21. The van der Waals surface area contributed by atoms with Gasteiger partial charge in [-0.2, -0.15) is 0 Å². The second-order valence-electron chi connectivity index (χ2n) is 10.4. The highest BCUT2D eigenvalue weighted by atomic mass is 35.5. The molecule has 2 aliphatic rings. The first-order chi connectivity index (χ1) is 18.3. The van der Waals surface area contributed by atoms with Gasteiger partial charge in [0.2, 0.25) is 0 Å². The van der Waals surface area contributed by atoms with Crippen LogP contribution in [0.3, 0.4) is 0 Å². The first-order valence-corrected chi connectivity index (χ1v) is 14.1. The van der Waals surface area contributed by atoms with Gasteiger partial charge in [0.25, 0.3) is 11.8 Å². The van der Waals surface area contributed by atoms with Crippen molar-refractivity contribution in [1.29, 1.82) is 0 Å². The minimum atomic E-state index is -0.266. The van der Waals surface area contributed by atoms with Crippen molar-refractivity contribution in [2.75, 3.05) is 13.6 Å². The van der Waals surface area contributed by atoms with E-state index in [9.17, 15) is 9.59 Å². The lowest BCUT2D eigenvalue weighted by Gasteiger charge is -2.36. The van der Waals surface area contributed by atoms with E-state index < -0.39 is 0 Å². The summed E-state index contributed by atoms with van der Waals surface area (Å²) in [4.78, 5) is 45.8. The normalized spacial score (nSPS) is 21.8. The number of hydrogen-bond donors (Lipinski definition) is 4. The fourth-order valence-electron chi connectivity index (χ4n) is 5.51. The number of rotatable bonds is 5. The zero-order chi connectivity index (χ0) is 26.4. The van der Waals surface area contributed by atoms with E-state index in [1.165, 1.54) is 11.3 Å². The third-order valence-electron chi connectivity index (χ3n) is 7.54.